The van der Waals surface area contributed by atoms with Crippen molar-refractivity contribution in [3.63, 3.8) is 0 Å². The van der Waals surface area contributed by atoms with Crippen LogP contribution in [-0.4, -0.2) is 22.2 Å². The van der Waals surface area contributed by atoms with E-state index in [1.165, 1.54) is 0 Å². The third-order valence-corrected chi connectivity index (χ3v) is 6.04. The second kappa shape index (κ2) is 8.28. The molecule has 2 atom stereocenters. The van der Waals surface area contributed by atoms with E-state index in [-0.39, 0.29) is 39.9 Å². The number of allylic oxidation sites excluding steroid dienone is 2. The fraction of sp³-hybridized carbons (Fsp3) is 0.444. The van der Waals surface area contributed by atoms with Gasteiger partial charge in [0.15, 0.2) is 5.78 Å². The fourth-order valence-electron chi connectivity index (χ4n) is 4.09. The van der Waals surface area contributed by atoms with Crippen LogP contribution in [0.3, 0.4) is 0 Å². The van der Waals surface area contributed by atoms with Gasteiger partial charge in [-0.1, -0.05) is 42.6 Å². The molecule has 0 spiro atoms. The Balaban J connectivity index is 0.00000169. The molecule has 0 bridgehead atoms. The van der Waals surface area contributed by atoms with E-state index in [0.717, 1.165) is 42.4 Å². The quantitative estimate of drug-likeness (QED) is 0.508. The SMILES string of the molecule is CCCC12CCC(=O)C=C1c1c(cc(C(O)C(=N)N)c(Cl)c1Cl)C2.Cl.O. The summed E-state index contributed by atoms with van der Waals surface area (Å²) in [7, 11) is 0. The van der Waals surface area contributed by atoms with Crippen molar-refractivity contribution < 1.29 is 15.4 Å². The van der Waals surface area contributed by atoms with Crippen molar-refractivity contribution in [2.75, 3.05) is 0 Å². The van der Waals surface area contributed by atoms with Crippen LogP contribution in [0, 0.1) is 10.8 Å². The predicted octanol–water partition coefficient (Wildman–Crippen LogP) is 3.65. The zero-order valence-corrected chi connectivity index (χ0v) is 16.7. The molecule has 1 aromatic carbocycles. The second-order valence-electron chi connectivity index (χ2n) is 6.72. The summed E-state index contributed by atoms with van der Waals surface area (Å²) in [6, 6.07) is 1.79. The first-order chi connectivity index (χ1) is 11.3. The highest BCUT2D eigenvalue weighted by Crippen LogP contribution is 2.57. The second-order valence-corrected chi connectivity index (χ2v) is 7.47. The van der Waals surface area contributed by atoms with Crippen LogP contribution in [0.4, 0.5) is 0 Å². The number of nitrogens with two attached hydrogens (primary N) is 1. The Bertz CT molecular complexity index is 779. The molecular formula is C18H23Cl3N2O3. The number of ketones is 1. The fourth-order valence-corrected chi connectivity index (χ4v) is 4.68. The molecule has 0 heterocycles. The highest BCUT2D eigenvalue weighted by atomic mass is 35.5. The van der Waals surface area contributed by atoms with Crippen molar-refractivity contribution in [1.82, 2.24) is 0 Å². The van der Waals surface area contributed by atoms with Gasteiger partial charge in [0.05, 0.1) is 10.0 Å². The Morgan fingerprint density at radius 3 is 2.65 bits per heavy atom. The van der Waals surface area contributed by atoms with E-state index in [0.29, 0.717) is 17.0 Å². The van der Waals surface area contributed by atoms with Crippen LogP contribution in [0.15, 0.2) is 12.1 Å². The number of halogens is 3. The maximum Gasteiger partial charge on any atom is 0.156 e. The van der Waals surface area contributed by atoms with Crippen LogP contribution in [-0.2, 0) is 11.2 Å². The average molecular weight is 422 g/mol. The van der Waals surface area contributed by atoms with Gasteiger partial charge in [0.25, 0.3) is 0 Å². The Hall–Kier alpha value is -1.11. The van der Waals surface area contributed by atoms with E-state index >= 15 is 0 Å². The molecule has 0 saturated carbocycles. The average Bonchev–Trinajstić information content (AvgIpc) is 2.84. The molecule has 8 heteroatoms. The number of aliphatic hydroxyl groups excluding tert-OH is 1. The van der Waals surface area contributed by atoms with Gasteiger partial charge in [-0.05, 0) is 36.5 Å². The van der Waals surface area contributed by atoms with E-state index in [9.17, 15) is 9.90 Å². The molecule has 0 saturated heterocycles. The summed E-state index contributed by atoms with van der Waals surface area (Å²) in [4.78, 5) is 12.0. The minimum atomic E-state index is -1.28. The van der Waals surface area contributed by atoms with Gasteiger partial charge >= 0.3 is 0 Å². The molecule has 5 nitrogen and oxygen atoms in total. The van der Waals surface area contributed by atoms with Crippen molar-refractivity contribution in [3.05, 3.63) is 38.9 Å². The van der Waals surface area contributed by atoms with Crippen molar-refractivity contribution >= 4 is 52.8 Å². The lowest BCUT2D eigenvalue weighted by molar-refractivity contribution is -0.115. The molecule has 2 aliphatic carbocycles. The highest BCUT2D eigenvalue weighted by molar-refractivity contribution is 6.44. The lowest BCUT2D eigenvalue weighted by atomic mass is 9.70. The number of aliphatic hydroxyl groups is 1. The molecule has 0 aromatic heterocycles. The number of hydrogen-bond acceptors (Lipinski definition) is 3. The van der Waals surface area contributed by atoms with Gasteiger partial charge in [-0.15, -0.1) is 12.4 Å². The largest absolute Gasteiger partial charge is 0.412 e. The molecule has 0 amide bonds. The predicted molar refractivity (Wildman–Crippen MR) is 107 cm³/mol. The van der Waals surface area contributed by atoms with Crippen molar-refractivity contribution in [3.8, 4) is 0 Å². The molecule has 144 valence electrons. The third kappa shape index (κ3) is 3.51. The van der Waals surface area contributed by atoms with E-state index in [1.54, 1.807) is 12.1 Å². The summed E-state index contributed by atoms with van der Waals surface area (Å²) in [5.74, 6) is -0.259. The monoisotopic (exact) mass is 420 g/mol. The Morgan fingerprint density at radius 1 is 1.42 bits per heavy atom. The Kier molecular flexibility index (Phi) is 7.30. The van der Waals surface area contributed by atoms with E-state index in [2.05, 4.69) is 6.92 Å². The van der Waals surface area contributed by atoms with E-state index in [1.807, 2.05) is 0 Å². The molecule has 6 N–H and O–H groups in total. The Labute approximate surface area is 168 Å². The normalized spacial score (nSPS) is 21.7. The standard InChI is InChI=1S/C18H20Cl2N2O2.ClH.H2O/c1-2-4-18-5-3-10(23)7-12(18)13-9(8-18)6-11(14(19)15(13)20)16(24)17(21)22;;/h6-7,16,24H,2-5,8H2,1H3,(H3,21,22);1H;1H2. The van der Waals surface area contributed by atoms with Crippen molar-refractivity contribution in [2.24, 2.45) is 11.1 Å². The molecular weight excluding hydrogens is 399 g/mol. The zero-order chi connectivity index (χ0) is 17.6. The number of hydrogen-bond donors (Lipinski definition) is 3. The summed E-state index contributed by atoms with van der Waals surface area (Å²) >= 11 is 12.9. The highest BCUT2D eigenvalue weighted by Gasteiger charge is 2.45. The van der Waals surface area contributed by atoms with Crippen LogP contribution in [0.5, 0.6) is 0 Å². The summed E-state index contributed by atoms with van der Waals surface area (Å²) in [5.41, 5.74) is 8.45. The number of carbonyl (C=O) groups excluding carboxylic acids is 1. The van der Waals surface area contributed by atoms with Gasteiger partial charge in [0.2, 0.25) is 0 Å². The summed E-state index contributed by atoms with van der Waals surface area (Å²) < 4.78 is 0. The topological polar surface area (TPSA) is 119 Å². The number of nitrogens with one attached hydrogen (secondary N) is 1. The lowest BCUT2D eigenvalue weighted by Gasteiger charge is -2.33. The summed E-state index contributed by atoms with van der Waals surface area (Å²) in [6.45, 7) is 2.13. The molecule has 2 unspecified atom stereocenters. The van der Waals surface area contributed by atoms with Crippen LogP contribution in [0.2, 0.25) is 10.0 Å². The molecule has 26 heavy (non-hydrogen) atoms. The van der Waals surface area contributed by atoms with Gasteiger partial charge in [-0.25, -0.2) is 0 Å². The van der Waals surface area contributed by atoms with Gasteiger partial charge in [-0.3, -0.25) is 10.2 Å². The molecule has 1 aromatic rings. The maximum absolute atomic E-state index is 12.0. The van der Waals surface area contributed by atoms with Gasteiger partial charge < -0.3 is 16.3 Å². The van der Waals surface area contributed by atoms with Crippen LogP contribution < -0.4 is 5.73 Å². The molecule has 2 aliphatic rings. The number of fused-ring (bicyclic) bond motifs is 3. The molecule has 3 rings (SSSR count). The number of rotatable bonds is 4. The van der Waals surface area contributed by atoms with E-state index in [4.69, 9.17) is 34.3 Å². The molecule has 0 radical (unpaired) electrons. The van der Waals surface area contributed by atoms with E-state index < -0.39 is 6.10 Å². The summed E-state index contributed by atoms with van der Waals surface area (Å²) in [5, 5.41) is 18.1. The van der Waals surface area contributed by atoms with Gasteiger partial charge in [0.1, 0.15) is 11.9 Å². The smallest absolute Gasteiger partial charge is 0.156 e. The number of benzene rings is 1. The van der Waals surface area contributed by atoms with Crippen LogP contribution in [0.1, 0.15) is 55.4 Å². The molecule has 0 aliphatic heterocycles. The number of amidine groups is 1. The minimum Gasteiger partial charge on any atom is -0.412 e. The Morgan fingerprint density at radius 2 is 2.08 bits per heavy atom. The van der Waals surface area contributed by atoms with Gasteiger partial charge in [0, 0.05) is 23.0 Å². The van der Waals surface area contributed by atoms with Crippen LogP contribution >= 0.6 is 35.6 Å². The van der Waals surface area contributed by atoms with Crippen LogP contribution in [0.25, 0.3) is 5.57 Å². The minimum absolute atomic E-state index is 0. The van der Waals surface area contributed by atoms with Crippen molar-refractivity contribution in [1.29, 1.82) is 5.41 Å². The zero-order valence-electron chi connectivity index (χ0n) is 14.4. The first-order valence-corrected chi connectivity index (χ1v) is 8.84. The maximum atomic E-state index is 12.0. The van der Waals surface area contributed by atoms with Gasteiger partial charge in [-0.2, -0.15) is 0 Å². The number of carbonyl (C=O) groups is 1. The first kappa shape index (κ1) is 22.9. The first-order valence-electron chi connectivity index (χ1n) is 8.09. The molecule has 0 fully saturated rings. The lowest BCUT2D eigenvalue weighted by Crippen LogP contribution is -2.25. The third-order valence-electron chi connectivity index (χ3n) is 5.16. The van der Waals surface area contributed by atoms with Crippen molar-refractivity contribution in [2.45, 2.75) is 45.1 Å². The summed E-state index contributed by atoms with van der Waals surface area (Å²) in [6.07, 6.45) is 4.54.